The van der Waals surface area contributed by atoms with Gasteiger partial charge in [0, 0.05) is 30.7 Å². The van der Waals surface area contributed by atoms with Crippen molar-refractivity contribution in [1.29, 1.82) is 0 Å². The zero-order valence-corrected chi connectivity index (χ0v) is 12.0. The highest BCUT2D eigenvalue weighted by atomic mass is 19.1. The Morgan fingerprint density at radius 3 is 2.58 bits per heavy atom. The lowest BCUT2D eigenvalue weighted by molar-refractivity contribution is 0.171. The van der Waals surface area contributed by atoms with E-state index in [9.17, 15) is 9.50 Å². The highest BCUT2D eigenvalue weighted by molar-refractivity contribution is 5.68. The molecule has 1 rings (SSSR count). The zero-order valence-electron chi connectivity index (χ0n) is 12.0. The number of ether oxygens (including phenoxy) is 1. The summed E-state index contributed by atoms with van der Waals surface area (Å²) in [5, 5.41) is 12.3. The molecule has 0 atom stereocenters. The van der Waals surface area contributed by atoms with Gasteiger partial charge in [-0.1, -0.05) is 13.8 Å². The number of aliphatic hydroxyl groups excluding tert-OH is 1. The molecule has 0 spiro atoms. The molecule has 5 heteroatoms. The van der Waals surface area contributed by atoms with E-state index in [1.54, 1.807) is 6.07 Å². The fourth-order valence-electron chi connectivity index (χ4n) is 1.46. The van der Waals surface area contributed by atoms with Crippen molar-refractivity contribution in [3.63, 3.8) is 0 Å². The van der Waals surface area contributed by atoms with Gasteiger partial charge in [-0.15, -0.1) is 0 Å². The van der Waals surface area contributed by atoms with Gasteiger partial charge in [0.2, 0.25) is 0 Å². The van der Waals surface area contributed by atoms with Crippen LogP contribution in [0, 0.1) is 11.2 Å². The summed E-state index contributed by atoms with van der Waals surface area (Å²) in [5.74, 6) is -0.299. The van der Waals surface area contributed by atoms with Crippen molar-refractivity contribution in [3.8, 4) is 5.75 Å². The second-order valence-electron chi connectivity index (χ2n) is 5.71. The highest BCUT2D eigenvalue weighted by Gasteiger charge is 2.17. The molecule has 0 bridgehead atoms. The first kappa shape index (κ1) is 15.6. The summed E-state index contributed by atoms with van der Waals surface area (Å²) in [6.07, 6.45) is -0.111. The second kappa shape index (κ2) is 6.10. The van der Waals surface area contributed by atoms with Crippen molar-refractivity contribution in [3.05, 3.63) is 17.9 Å². The van der Waals surface area contributed by atoms with Gasteiger partial charge >= 0.3 is 0 Å². The summed E-state index contributed by atoms with van der Waals surface area (Å²) in [7, 11) is 0. The Balaban J connectivity index is 2.89. The van der Waals surface area contributed by atoms with Crippen LogP contribution < -0.4 is 15.8 Å². The van der Waals surface area contributed by atoms with Crippen LogP contribution in [-0.2, 0) is 0 Å². The SMILES string of the molecule is CC(C)Oc1cc(NCC(C)(C)CO)c(N)cc1F. The molecule has 0 aromatic heterocycles. The van der Waals surface area contributed by atoms with Crippen LogP contribution in [0.15, 0.2) is 12.1 Å². The Bertz CT molecular complexity index is 434. The van der Waals surface area contributed by atoms with Gasteiger partial charge in [0.15, 0.2) is 11.6 Å². The van der Waals surface area contributed by atoms with Crippen molar-refractivity contribution < 1.29 is 14.2 Å². The van der Waals surface area contributed by atoms with Crippen molar-refractivity contribution in [1.82, 2.24) is 0 Å². The Hall–Kier alpha value is -1.49. The topological polar surface area (TPSA) is 67.5 Å². The lowest BCUT2D eigenvalue weighted by Gasteiger charge is -2.23. The normalized spacial score (nSPS) is 11.7. The van der Waals surface area contributed by atoms with Crippen LogP contribution in [0.5, 0.6) is 5.75 Å². The molecule has 0 heterocycles. The summed E-state index contributed by atoms with van der Waals surface area (Å²) in [6.45, 7) is 8.09. The highest BCUT2D eigenvalue weighted by Crippen LogP contribution is 2.29. The molecule has 4 N–H and O–H groups in total. The van der Waals surface area contributed by atoms with E-state index in [0.717, 1.165) is 0 Å². The van der Waals surface area contributed by atoms with Gasteiger partial charge in [0.05, 0.1) is 17.5 Å². The minimum atomic E-state index is -0.474. The fourth-order valence-corrected chi connectivity index (χ4v) is 1.46. The maximum absolute atomic E-state index is 13.7. The number of aliphatic hydroxyl groups is 1. The quantitative estimate of drug-likeness (QED) is 0.695. The standard InChI is InChI=1S/C14H23FN2O2/c1-9(2)19-13-6-12(11(16)5-10(13)15)17-7-14(3,4)8-18/h5-6,9,17-18H,7-8,16H2,1-4H3. The van der Waals surface area contributed by atoms with E-state index in [1.165, 1.54) is 6.07 Å². The molecule has 0 fully saturated rings. The van der Waals surface area contributed by atoms with Gasteiger partial charge in [-0.2, -0.15) is 0 Å². The summed E-state index contributed by atoms with van der Waals surface area (Å²) in [5.41, 5.74) is 6.42. The van der Waals surface area contributed by atoms with E-state index >= 15 is 0 Å². The minimum absolute atomic E-state index is 0.0520. The van der Waals surface area contributed by atoms with Gasteiger partial charge in [0.25, 0.3) is 0 Å². The first-order valence-corrected chi connectivity index (χ1v) is 6.35. The first-order chi connectivity index (χ1) is 8.75. The Morgan fingerprint density at radius 1 is 1.42 bits per heavy atom. The van der Waals surface area contributed by atoms with Gasteiger partial charge in [-0.25, -0.2) is 4.39 Å². The number of hydrogen-bond donors (Lipinski definition) is 3. The Kier molecular flexibility index (Phi) is 5.00. The van der Waals surface area contributed by atoms with Gasteiger partial charge in [-0.3, -0.25) is 0 Å². The van der Waals surface area contributed by atoms with Crippen molar-refractivity contribution in [2.75, 3.05) is 24.2 Å². The molecule has 0 aliphatic rings. The lowest BCUT2D eigenvalue weighted by Crippen LogP contribution is -2.27. The fraction of sp³-hybridized carbons (Fsp3) is 0.571. The van der Waals surface area contributed by atoms with E-state index < -0.39 is 5.82 Å². The average Bonchev–Trinajstić information content (AvgIpc) is 2.30. The van der Waals surface area contributed by atoms with E-state index in [-0.39, 0.29) is 23.9 Å². The smallest absolute Gasteiger partial charge is 0.167 e. The number of nitrogens with two attached hydrogens (primary N) is 1. The Morgan fingerprint density at radius 2 is 2.05 bits per heavy atom. The van der Waals surface area contributed by atoms with E-state index in [4.69, 9.17) is 10.5 Å². The monoisotopic (exact) mass is 270 g/mol. The number of nitrogen functional groups attached to an aromatic ring is 1. The first-order valence-electron chi connectivity index (χ1n) is 6.35. The number of anilines is 2. The Labute approximate surface area is 113 Å². The van der Waals surface area contributed by atoms with E-state index in [0.29, 0.717) is 17.9 Å². The predicted molar refractivity (Wildman–Crippen MR) is 75.9 cm³/mol. The molecule has 0 amide bonds. The van der Waals surface area contributed by atoms with Crippen LogP contribution in [0.4, 0.5) is 15.8 Å². The maximum atomic E-state index is 13.7. The number of hydrogen-bond acceptors (Lipinski definition) is 4. The lowest BCUT2D eigenvalue weighted by atomic mass is 9.95. The average molecular weight is 270 g/mol. The summed E-state index contributed by atoms with van der Waals surface area (Å²) in [4.78, 5) is 0. The molecular weight excluding hydrogens is 247 g/mol. The van der Waals surface area contributed by atoms with Crippen LogP contribution in [0.2, 0.25) is 0 Å². The van der Waals surface area contributed by atoms with E-state index in [2.05, 4.69) is 5.32 Å². The number of rotatable bonds is 6. The van der Waals surface area contributed by atoms with Gasteiger partial charge < -0.3 is 20.9 Å². The minimum Gasteiger partial charge on any atom is -0.488 e. The number of nitrogens with one attached hydrogen (secondary N) is 1. The van der Waals surface area contributed by atoms with Crippen LogP contribution in [0.3, 0.4) is 0 Å². The molecule has 0 saturated carbocycles. The summed E-state index contributed by atoms with van der Waals surface area (Å²) < 4.78 is 19.0. The third kappa shape index (κ3) is 4.59. The van der Waals surface area contributed by atoms with Crippen LogP contribution >= 0.6 is 0 Å². The third-order valence-corrected chi connectivity index (χ3v) is 2.65. The molecule has 4 nitrogen and oxygen atoms in total. The molecule has 1 aromatic rings. The molecule has 0 unspecified atom stereocenters. The van der Waals surface area contributed by atoms with Crippen LogP contribution in [-0.4, -0.2) is 24.4 Å². The number of halogens is 1. The molecule has 0 radical (unpaired) electrons. The summed E-state index contributed by atoms with van der Waals surface area (Å²) in [6, 6.07) is 2.80. The van der Waals surface area contributed by atoms with E-state index in [1.807, 2.05) is 27.7 Å². The second-order valence-corrected chi connectivity index (χ2v) is 5.71. The van der Waals surface area contributed by atoms with Crippen LogP contribution in [0.1, 0.15) is 27.7 Å². The maximum Gasteiger partial charge on any atom is 0.167 e. The molecule has 19 heavy (non-hydrogen) atoms. The molecule has 1 aromatic carbocycles. The molecule has 0 aliphatic carbocycles. The number of benzene rings is 1. The predicted octanol–water partition coefficient (Wildman–Crippen LogP) is 2.63. The third-order valence-electron chi connectivity index (χ3n) is 2.65. The van der Waals surface area contributed by atoms with Crippen molar-refractivity contribution in [2.24, 2.45) is 5.41 Å². The van der Waals surface area contributed by atoms with Gasteiger partial charge in [0.1, 0.15) is 0 Å². The van der Waals surface area contributed by atoms with Crippen LogP contribution in [0.25, 0.3) is 0 Å². The molecule has 0 aliphatic heterocycles. The van der Waals surface area contributed by atoms with Crippen molar-refractivity contribution >= 4 is 11.4 Å². The molecular formula is C14H23FN2O2. The van der Waals surface area contributed by atoms with Crippen molar-refractivity contribution in [2.45, 2.75) is 33.8 Å². The largest absolute Gasteiger partial charge is 0.488 e. The zero-order chi connectivity index (χ0) is 14.6. The summed E-state index contributed by atoms with van der Waals surface area (Å²) >= 11 is 0. The molecule has 0 saturated heterocycles. The molecule has 108 valence electrons. The van der Waals surface area contributed by atoms with Gasteiger partial charge in [-0.05, 0) is 13.8 Å².